The Morgan fingerprint density at radius 2 is 1.76 bits per heavy atom. The van der Waals surface area contributed by atoms with Gasteiger partial charge in [0.1, 0.15) is 11.4 Å². The molecule has 0 aliphatic rings. The molecule has 0 bridgehead atoms. The van der Waals surface area contributed by atoms with Crippen LogP contribution >= 0.6 is 0 Å². The Morgan fingerprint density at radius 1 is 1.00 bits per heavy atom. The van der Waals surface area contributed by atoms with Crippen LogP contribution in [-0.2, 0) is 4.74 Å². The monoisotopic (exact) mass is 400 g/mol. The molecule has 0 unspecified atom stereocenters. The molecule has 0 aliphatic carbocycles. The summed E-state index contributed by atoms with van der Waals surface area (Å²) < 4.78 is 20.6. The normalized spacial score (nSPS) is 11.1. The third-order valence-corrected chi connectivity index (χ3v) is 3.48. The first-order valence-electron chi connectivity index (χ1n) is 8.78. The largest absolute Gasteiger partial charge is 0.514 e. The van der Waals surface area contributed by atoms with Crippen molar-refractivity contribution in [3.63, 3.8) is 0 Å². The number of hydrogen-bond acceptors (Lipinski definition) is 7. The Bertz CT molecular complexity index is 902. The molecule has 0 saturated carbocycles. The average Bonchev–Trinajstić information content (AvgIpc) is 2.67. The molecule has 8 heteroatoms. The van der Waals surface area contributed by atoms with Crippen molar-refractivity contribution >= 4 is 18.3 Å². The number of methoxy groups -OCH3 is 2. The van der Waals surface area contributed by atoms with Gasteiger partial charge in [0.25, 0.3) is 5.91 Å². The number of carbonyl (C=O) groups excluding carboxylic acids is 2. The van der Waals surface area contributed by atoms with E-state index in [4.69, 9.17) is 18.9 Å². The van der Waals surface area contributed by atoms with E-state index in [-0.39, 0.29) is 11.7 Å². The highest BCUT2D eigenvalue weighted by Crippen LogP contribution is 2.28. The van der Waals surface area contributed by atoms with Gasteiger partial charge in [0, 0.05) is 5.56 Å². The fourth-order valence-electron chi connectivity index (χ4n) is 2.20. The van der Waals surface area contributed by atoms with Gasteiger partial charge >= 0.3 is 6.16 Å². The number of ether oxygens (including phenoxy) is 4. The van der Waals surface area contributed by atoms with Gasteiger partial charge in [-0.15, -0.1) is 0 Å². The van der Waals surface area contributed by atoms with Crippen LogP contribution in [0.2, 0.25) is 0 Å². The van der Waals surface area contributed by atoms with Gasteiger partial charge in [0.15, 0.2) is 11.5 Å². The summed E-state index contributed by atoms with van der Waals surface area (Å²) in [5, 5.41) is 3.93. The molecule has 0 aliphatic heterocycles. The maximum Gasteiger partial charge on any atom is 0.514 e. The van der Waals surface area contributed by atoms with Crippen molar-refractivity contribution in [2.45, 2.75) is 26.4 Å². The molecule has 1 N–H and O–H groups in total. The van der Waals surface area contributed by atoms with Gasteiger partial charge in [-0.2, -0.15) is 5.10 Å². The molecule has 0 fully saturated rings. The molecule has 0 heterocycles. The molecule has 0 spiro atoms. The minimum atomic E-state index is -0.831. The van der Waals surface area contributed by atoms with Gasteiger partial charge in [-0.3, -0.25) is 4.79 Å². The summed E-state index contributed by atoms with van der Waals surface area (Å²) in [4.78, 5) is 24.0. The molecule has 0 aromatic heterocycles. The molecule has 2 aromatic rings. The average molecular weight is 400 g/mol. The molecule has 0 atom stereocenters. The summed E-state index contributed by atoms with van der Waals surface area (Å²) in [6, 6.07) is 11.5. The smallest absolute Gasteiger partial charge is 0.497 e. The summed E-state index contributed by atoms with van der Waals surface area (Å²) in [6.45, 7) is 5.22. The summed E-state index contributed by atoms with van der Waals surface area (Å²) in [6.07, 6.45) is 0.612. The lowest BCUT2D eigenvalue weighted by atomic mass is 10.2. The van der Waals surface area contributed by atoms with Gasteiger partial charge in [0.2, 0.25) is 0 Å². The second-order valence-corrected chi connectivity index (χ2v) is 6.91. The molecule has 8 nitrogen and oxygen atoms in total. The number of rotatable bonds is 6. The van der Waals surface area contributed by atoms with E-state index in [2.05, 4.69) is 10.5 Å². The van der Waals surface area contributed by atoms with E-state index in [1.807, 2.05) is 0 Å². The molecular formula is C21H24N2O6. The molecule has 2 rings (SSSR count). The Hall–Kier alpha value is -3.55. The molecule has 1 amide bonds. The number of carbonyl (C=O) groups is 2. The number of nitrogens with zero attached hydrogens (tertiary/aromatic N) is 1. The Balaban J connectivity index is 2.03. The van der Waals surface area contributed by atoms with Crippen LogP contribution in [0.3, 0.4) is 0 Å². The molecule has 154 valence electrons. The first-order chi connectivity index (χ1) is 13.7. The maximum absolute atomic E-state index is 12.1. The number of nitrogens with one attached hydrogen (secondary N) is 1. The quantitative estimate of drug-likeness (QED) is 0.343. The number of benzene rings is 2. The van der Waals surface area contributed by atoms with Crippen LogP contribution in [0, 0.1) is 0 Å². The van der Waals surface area contributed by atoms with Crippen molar-refractivity contribution in [2.24, 2.45) is 5.10 Å². The Morgan fingerprint density at radius 3 is 2.41 bits per heavy atom. The predicted octanol–water partition coefficient (Wildman–Crippen LogP) is 3.78. The summed E-state index contributed by atoms with van der Waals surface area (Å²) in [5.74, 6) is 0.724. The fraction of sp³-hybridized carbons (Fsp3) is 0.286. The van der Waals surface area contributed by atoms with E-state index in [0.717, 1.165) is 0 Å². The first-order valence-corrected chi connectivity index (χ1v) is 8.78. The Kier molecular flexibility index (Phi) is 7.19. The predicted molar refractivity (Wildman–Crippen MR) is 108 cm³/mol. The minimum Gasteiger partial charge on any atom is -0.497 e. The standard InChI is InChI=1S/C21H24N2O6/c1-21(2,3)29-20(25)28-17-10-9-14(11-18(17)27-5)13-22-23-19(24)15-7-6-8-16(12-15)26-4/h6-13H,1-5H3,(H,23,24). The van der Waals surface area contributed by atoms with Crippen LogP contribution in [-0.4, -0.2) is 38.1 Å². The Labute approximate surface area is 169 Å². The van der Waals surface area contributed by atoms with Crippen LogP contribution < -0.4 is 19.6 Å². The van der Waals surface area contributed by atoms with Gasteiger partial charge in [-0.05, 0) is 62.7 Å². The molecular weight excluding hydrogens is 376 g/mol. The van der Waals surface area contributed by atoms with Gasteiger partial charge in [-0.1, -0.05) is 6.07 Å². The van der Waals surface area contributed by atoms with Crippen molar-refractivity contribution in [3.05, 3.63) is 53.6 Å². The van der Waals surface area contributed by atoms with E-state index >= 15 is 0 Å². The zero-order chi connectivity index (χ0) is 21.4. The van der Waals surface area contributed by atoms with E-state index in [9.17, 15) is 9.59 Å². The number of amides is 1. The highest BCUT2D eigenvalue weighted by molar-refractivity contribution is 5.95. The fourth-order valence-corrected chi connectivity index (χ4v) is 2.20. The van der Waals surface area contributed by atoms with Crippen molar-refractivity contribution in [3.8, 4) is 17.2 Å². The van der Waals surface area contributed by atoms with Crippen molar-refractivity contribution in [1.29, 1.82) is 0 Å². The third-order valence-electron chi connectivity index (χ3n) is 3.48. The van der Waals surface area contributed by atoms with Gasteiger partial charge < -0.3 is 18.9 Å². The van der Waals surface area contributed by atoms with Crippen molar-refractivity contribution in [1.82, 2.24) is 5.43 Å². The van der Waals surface area contributed by atoms with Crippen LogP contribution in [0.25, 0.3) is 0 Å². The highest BCUT2D eigenvalue weighted by atomic mass is 16.7. The van der Waals surface area contributed by atoms with Gasteiger partial charge in [0.05, 0.1) is 20.4 Å². The van der Waals surface area contributed by atoms with Crippen molar-refractivity contribution < 1.29 is 28.5 Å². The van der Waals surface area contributed by atoms with Gasteiger partial charge in [-0.25, -0.2) is 10.2 Å². The van der Waals surface area contributed by atoms with E-state index in [0.29, 0.717) is 22.6 Å². The van der Waals surface area contributed by atoms with E-state index in [1.165, 1.54) is 20.4 Å². The van der Waals surface area contributed by atoms with Crippen LogP contribution in [0.4, 0.5) is 4.79 Å². The topological polar surface area (TPSA) is 95.5 Å². The third kappa shape index (κ3) is 6.84. The highest BCUT2D eigenvalue weighted by Gasteiger charge is 2.19. The molecule has 0 radical (unpaired) electrons. The lowest BCUT2D eigenvalue weighted by Gasteiger charge is -2.19. The molecule has 2 aromatic carbocycles. The second kappa shape index (κ2) is 9.59. The van der Waals surface area contributed by atoms with Crippen LogP contribution in [0.15, 0.2) is 47.6 Å². The number of hydrazone groups is 1. The van der Waals surface area contributed by atoms with Crippen LogP contribution in [0.1, 0.15) is 36.7 Å². The van der Waals surface area contributed by atoms with E-state index < -0.39 is 11.8 Å². The molecule has 29 heavy (non-hydrogen) atoms. The summed E-state index contributed by atoms with van der Waals surface area (Å²) in [5.41, 5.74) is 2.81. The number of hydrogen-bond donors (Lipinski definition) is 1. The second-order valence-electron chi connectivity index (χ2n) is 6.91. The minimum absolute atomic E-state index is 0.208. The molecule has 0 saturated heterocycles. The lowest BCUT2D eigenvalue weighted by Crippen LogP contribution is -2.26. The van der Waals surface area contributed by atoms with E-state index in [1.54, 1.807) is 63.2 Å². The van der Waals surface area contributed by atoms with Crippen LogP contribution in [0.5, 0.6) is 17.2 Å². The lowest BCUT2D eigenvalue weighted by molar-refractivity contribution is 0.0201. The first kappa shape index (κ1) is 21.7. The maximum atomic E-state index is 12.1. The summed E-state index contributed by atoms with van der Waals surface area (Å²) in [7, 11) is 2.97. The summed E-state index contributed by atoms with van der Waals surface area (Å²) >= 11 is 0. The SMILES string of the molecule is COc1cccc(C(=O)NN=Cc2ccc(OC(=O)OC(C)(C)C)c(OC)c2)c1. The van der Waals surface area contributed by atoms with Crippen molar-refractivity contribution in [2.75, 3.05) is 14.2 Å². The zero-order valence-electron chi connectivity index (χ0n) is 17.0. The zero-order valence-corrected chi connectivity index (χ0v) is 17.0.